The van der Waals surface area contributed by atoms with Crippen molar-refractivity contribution in [3.8, 4) is 0 Å². The number of amides is 1. The van der Waals surface area contributed by atoms with Crippen molar-refractivity contribution in [1.82, 2.24) is 9.97 Å². The number of fused-ring (bicyclic) bond motifs is 1. The number of benzene rings is 1. The minimum atomic E-state index is -1.17. The van der Waals surface area contributed by atoms with Gasteiger partial charge in [0.2, 0.25) is 0 Å². The van der Waals surface area contributed by atoms with E-state index in [4.69, 9.17) is 16.7 Å². The molecule has 2 heterocycles. The predicted octanol–water partition coefficient (Wildman–Crippen LogP) is 3.36. The third-order valence-corrected chi connectivity index (χ3v) is 4.50. The van der Waals surface area contributed by atoms with Gasteiger partial charge >= 0.3 is 5.97 Å². The maximum atomic E-state index is 12.0. The normalized spacial score (nSPS) is 10.7. The van der Waals surface area contributed by atoms with Gasteiger partial charge in [-0.25, -0.2) is 14.8 Å². The van der Waals surface area contributed by atoms with E-state index in [-0.39, 0.29) is 10.7 Å². The van der Waals surface area contributed by atoms with Crippen molar-refractivity contribution in [2.75, 3.05) is 5.32 Å². The van der Waals surface area contributed by atoms with E-state index in [1.807, 2.05) is 0 Å². The van der Waals surface area contributed by atoms with E-state index in [2.05, 4.69) is 15.3 Å². The smallest absolute Gasteiger partial charge is 0.355 e. The number of aromatic carboxylic acids is 1. The van der Waals surface area contributed by atoms with Gasteiger partial charge in [0, 0.05) is 10.4 Å². The first-order valence-corrected chi connectivity index (χ1v) is 7.66. The quantitative estimate of drug-likeness (QED) is 0.763. The third-order valence-electron chi connectivity index (χ3n) is 2.49. The highest BCUT2D eigenvalue weighted by Crippen LogP contribution is 2.28. The summed E-state index contributed by atoms with van der Waals surface area (Å²) in [4.78, 5) is 30.7. The average molecular weight is 340 g/mol. The summed E-state index contributed by atoms with van der Waals surface area (Å²) in [6.07, 6.45) is 0. The van der Waals surface area contributed by atoms with E-state index in [1.165, 1.54) is 16.7 Å². The average Bonchev–Trinajstić information content (AvgIpc) is 3.03. The fourth-order valence-corrected chi connectivity index (χ4v) is 3.40. The number of nitrogens with zero attached hydrogens (tertiary/aromatic N) is 2. The highest BCUT2D eigenvalue weighted by atomic mass is 35.5. The summed E-state index contributed by atoms with van der Waals surface area (Å²) >= 11 is 8.14. The van der Waals surface area contributed by atoms with Crippen molar-refractivity contribution in [3.63, 3.8) is 0 Å². The summed E-state index contributed by atoms with van der Waals surface area (Å²) in [5.41, 5.74) is 0.575. The number of carbonyl (C=O) groups is 2. The lowest BCUT2D eigenvalue weighted by molar-refractivity contribution is 0.0691. The van der Waals surface area contributed by atoms with Gasteiger partial charge in [-0.2, -0.15) is 0 Å². The van der Waals surface area contributed by atoms with Crippen molar-refractivity contribution in [3.05, 3.63) is 39.3 Å². The Bertz CT molecular complexity index is 858. The van der Waals surface area contributed by atoms with Crippen LogP contribution in [-0.2, 0) is 0 Å². The van der Waals surface area contributed by atoms with Crippen LogP contribution < -0.4 is 5.32 Å². The summed E-state index contributed by atoms with van der Waals surface area (Å²) in [6, 6.07) is 5.24. The molecule has 21 heavy (non-hydrogen) atoms. The molecule has 0 saturated carbocycles. The fraction of sp³-hybridized carbons (Fsp3) is 0. The summed E-state index contributed by atoms with van der Waals surface area (Å²) < 4.78 is 0.850. The lowest BCUT2D eigenvalue weighted by atomic mass is 10.3. The molecule has 0 saturated heterocycles. The molecule has 0 spiro atoms. The zero-order valence-corrected chi connectivity index (χ0v) is 12.6. The lowest BCUT2D eigenvalue weighted by Gasteiger charge is -1.96. The molecule has 0 atom stereocenters. The van der Waals surface area contributed by atoms with Crippen LogP contribution in [0.15, 0.2) is 23.6 Å². The topological polar surface area (TPSA) is 92.2 Å². The van der Waals surface area contributed by atoms with Gasteiger partial charge < -0.3 is 5.11 Å². The van der Waals surface area contributed by atoms with Gasteiger partial charge in [-0.3, -0.25) is 10.1 Å². The van der Waals surface area contributed by atoms with E-state index in [1.54, 1.807) is 18.2 Å². The molecule has 9 heteroatoms. The largest absolute Gasteiger partial charge is 0.476 e. The van der Waals surface area contributed by atoms with Crippen LogP contribution in [0.2, 0.25) is 5.02 Å². The summed E-state index contributed by atoms with van der Waals surface area (Å²) in [5.74, 6) is -1.66. The highest BCUT2D eigenvalue weighted by Gasteiger charge is 2.16. The van der Waals surface area contributed by atoms with Gasteiger partial charge in [0.15, 0.2) is 15.8 Å². The van der Waals surface area contributed by atoms with Gasteiger partial charge in [-0.15, -0.1) is 11.3 Å². The summed E-state index contributed by atoms with van der Waals surface area (Å²) in [5, 5.41) is 13.8. The highest BCUT2D eigenvalue weighted by molar-refractivity contribution is 7.22. The van der Waals surface area contributed by atoms with Crippen molar-refractivity contribution in [2.45, 2.75) is 0 Å². The van der Waals surface area contributed by atoms with Crippen molar-refractivity contribution in [1.29, 1.82) is 0 Å². The van der Waals surface area contributed by atoms with E-state index < -0.39 is 11.9 Å². The molecule has 0 unspecified atom stereocenters. The van der Waals surface area contributed by atoms with Crippen LogP contribution in [0.5, 0.6) is 0 Å². The monoisotopic (exact) mass is 339 g/mol. The van der Waals surface area contributed by atoms with E-state index in [0.717, 1.165) is 21.6 Å². The molecule has 6 nitrogen and oxygen atoms in total. The molecule has 1 amide bonds. The van der Waals surface area contributed by atoms with Crippen LogP contribution in [0.4, 0.5) is 5.13 Å². The predicted molar refractivity (Wildman–Crippen MR) is 81.7 cm³/mol. The number of rotatable bonds is 3. The van der Waals surface area contributed by atoms with Crippen LogP contribution in [-0.4, -0.2) is 27.0 Å². The third kappa shape index (κ3) is 2.87. The van der Waals surface area contributed by atoms with E-state index in [9.17, 15) is 9.59 Å². The molecule has 1 aromatic carbocycles. The molecule has 0 fully saturated rings. The van der Waals surface area contributed by atoms with Crippen molar-refractivity contribution in [2.24, 2.45) is 0 Å². The zero-order chi connectivity index (χ0) is 15.0. The molecule has 2 aromatic heterocycles. The van der Waals surface area contributed by atoms with Crippen molar-refractivity contribution < 1.29 is 14.7 Å². The van der Waals surface area contributed by atoms with E-state index >= 15 is 0 Å². The molecule has 3 rings (SSSR count). The molecule has 2 N–H and O–H groups in total. The minimum Gasteiger partial charge on any atom is -0.476 e. The lowest BCUT2D eigenvalue weighted by Crippen LogP contribution is -2.11. The summed E-state index contributed by atoms with van der Waals surface area (Å²) in [7, 11) is 0. The number of nitrogens with one attached hydrogen (secondary N) is 1. The fourth-order valence-electron chi connectivity index (χ4n) is 1.58. The number of aromatic nitrogens is 2. The molecular weight excluding hydrogens is 334 g/mol. The first-order chi connectivity index (χ1) is 10.0. The number of thiazole rings is 2. The van der Waals surface area contributed by atoms with Gasteiger partial charge in [-0.05, 0) is 18.2 Å². The number of carboxylic acid groups (broad SMARTS) is 1. The Morgan fingerprint density at radius 1 is 1.29 bits per heavy atom. The Kier molecular flexibility index (Phi) is 3.58. The SMILES string of the molecule is O=C(O)c1csc(C(=O)Nc2nc3ccc(Cl)cc3s2)n1. The Balaban J connectivity index is 1.83. The Morgan fingerprint density at radius 2 is 2.10 bits per heavy atom. The number of hydrogen-bond donors (Lipinski definition) is 2. The number of anilines is 1. The molecular formula is C12H6ClN3O3S2. The zero-order valence-electron chi connectivity index (χ0n) is 10.2. The number of carbonyl (C=O) groups excluding carboxylic acids is 1. The molecule has 0 aliphatic rings. The first kappa shape index (κ1) is 13.9. The summed E-state index contributed by atoms with van der Waals surface area (Å²) in [6.45, 7) is 0. The number of carboxylic acids is 1. The molecule has 106 valence electrons. The van der Waals surface area contributed by atoms with Gasteiger partial charge in [0.25, 0.3) is 5.91 Å². The molecule has 0 bridgehead atoms. The Hall–Kier alpha value is -2.03. The van der Waals surface area contributed by atoms with Crippen LogP contribution in [0, 0.1) is 0 Å². The van der Waals surface area contributed by atoms with Gasteiger partial charge in [-0.1, -0.05) is 22.9 Å². The number of halogens is 1. The van der Waals surface area contributed by atoms with E-state index in [0.29, 0.717) is 10.2 Å². The molecule has 3 aromatic rings. The van der Waals surface area contributed by atoms with Crippen LogP contribution in [0.25, 0.3) is 10.2 Å². The van der Waals surface area contributed by atoms with Crippen LogP contribution >= 0.6 is 34.3 Å². The second kappa shape index (κ2) is 5.40. The molecule has 0 radical (unpaired) electrons. The maximum absolute atomic E-state index is 12.0. The van der Waals surface area contributed by atoms with Crippen LogP contribution in [0.1, 0.15) is 20.3 Å². The second-order valence-electron chi connectivity index (χ2n) is 3.93. The van der Waals surface area contributed by atoms with Crippen LogP contribution in [0.3, 0.4) is 0 Å². The maximum Gasteiger partial charge on any atom is 0.355 e. The minimum absolute atomic E-state index is 0.0738. The number of hydrogen-bond acceptors (Lipinski definition) is 6. The van der Waals surface area contributed by atoms with Gasteiger partial charge in [0.05, 0.1) is 10.2 Å². The van der Waals surface area contributed by atoms with Gasteiger partial charge in [0.1, 0.15) is 0 Å². The Morgan fingerprint density at radius 3 is 2.81 bits per heavy atom. The Labute approximate surface area is 131 Å². The second-order valence-corrected chi connectivity index (χ2v) is 6.25. The molecule has 0 aliphatic heterocycles. The molecule has 0 aliphatic carbocycles. The standard InChI is InChI=1S/C12H6ClN3O3S2/c13-5-1-2-6-8(3-5)21-12(15-6)16-9(17)10-14-7(4-20-10)11(18)19/h1-4H,(H,18,19)(H,15,16,17). The van der Waals surface area contributed by atoms with Crippen molar-refractivity contribution >= 4 is 61.5 Å². The first-order valence-electron chi connectivity index (χ1n) is 5.59.